The van der Waals surface area contributed by atoms with Crippen molar-refractivity contribution in [2.75, 3.05) is 0 Å². The van der Waals surface area contributed by atoms with Crippen LogP contribution < -0.4 is 0 Å². The summed E-state index contributed by atoms with van der Waals surface area (Å²) >= 11 is 0. The average Bonchev–Trinajstić information content (AvgIpc) is 3.73. The lowest BCUT2D eigenvalue weighted by Crippen LogP contribution is -1.92. The Hall–Kier alpha value is -5.66. The molecule has 200 valence electrons. The first-order valence-electron chi connectivity index (χ1n) is 25.7. The molecule has 43 heavy (non-hydrogen) atoms. The highest BCUT2D eigenvalue weighted by Crippen LogP contribution is 2.47. The van der Waals surface area contributed by atoms with Crippen LogP contribution in [0.5, 0.6) is 0 Å². The monoisotopic (exact) mass is 572 g/mol. The largest absolute Gasteiger partial charge is 0.455 e. The molecule has 9 rings (SSSR count). The van der Waals surface area contributed by atoms with E-state index in [0.717, 1.165) is 0 Å². The van der Waals surface area contributed by atoms with Crippen LogP contribution in [0.3, 0.4) is 0 Å². The molecule has 0 amide bonds. The summed E-state index contributed by atoms with van der Waals surface area (Å²) in [6, 6.07) is -24.0. The number of benzene rings is 8. The van der Waals surface area contributed by atoms with Gasteiger partial charge in [0.1, 0.15) is 11.2 Å². The normalized spacial score (nSPS) is 20.2. The third kappa shape index (κ3) is 3.65. The Bertz CT molecular complexity index is 3860. The molecule has 1 heterocycles. The summed E-state index contributed by atoms with van der Waals surface area (Å²) in [6.45, 7) is 0. The molecule has 1 heteroatoms. The second-order valence-electron chi connectivity index (χ2n) is 9.26. The molecule has 0 saturated carbocycles. The summed E-state index contributed by atoms with van der Waals surface area (Å²) in [6.07, 6.45) is 0. The smallest absolute Gasteiger partial charge is 0.143 e. The first-order valence-corrected chi connectivity index (χ1v) is 12.7. The SMILES string of the molecule is [2H]c1c([2H])c([2H])c(-c2c([2H])c([2H])c([2H])c([2H])c2-c2c3c([2H])c([2H])c([2H])c([2H])c3c(-c3c([2H])c([2H])c4oc5c6c([2H])c([2H])c([2H])c([2H])c6c([2H])c([2H])c5c4c3[2H])c3c([2H])c([2H])c([2H])c([2H])c23)c([2H])c1[2H]. The molecule has 1 nitrogen and oxygen atoms in total. The average molecular weight is 573 g/mol. The third-order valence-corrected chi connectivity index (χ3v) is 7.00. The van der Waals surface area contributed by atoms with Gasteiger partial charge in [0.25, 0.3) is 0 Å². The fraction of sp³-hybridized carbons (Fsp3) is 0. The van der Waals surface area contributed by atoms with Crippen molar-refractivity contribution in [3.05, 3.63) is 157 Å². The number of hydrogen-bond acceptors (Lipinski definition) is 1. The second kappa shape index (κ2) is 9.44. The molecule has 0 bridgehead atoms. The molecule has 0 unspecified atom stereocenters. The Balaban J connectivity index is 1.63. The standard InChI is InChI=1S/C42H26O/c1-2-12-27(13-3-1)30-15-6-7-17-32(30)41-35-20-10-8-18-33(35)40(34-19-9-11-21-36(34)41)29-23-25-39-38(26-29)37-24-22-28-14-4-5-16-31(28)42(37)43-39/h1-26H/i1D,2D,3D,4D,5D,6D,7D,8D,9D,10D,11D,12D,13D,14D,15D,16D,17D,18D,19D,20D,21D,22D,23D,24D,25D,26D. The van der Waals surface area contributed by atoms with Crippen LogP contribution in [0.15, 0.2) is 162 Å². The van der Waals surface area contributed by atoms with Gasteiger partial charge in [0.15, 0.2) is 0 Å². The van der Waals surface area contributed by atoms with Crippen LogP contribution in [-0.2, 0) is 0 Å². The van der Waals surface area contributed by atoms with Crippen LogP contribution in [0.1, 0.15) is 35.6 Å². The molecule has 0 spiro atoms. The van der Waals surface area contributed by atoms with Crippen molar-refractivity contribution in [1.82, 2.24) is 0 Å². The summed E-state index contributed by atoms with van der Waals surface area (Å²) in [5.41, 5.74) is -5.80. The summed E-state index contributed by atoms with van der Waals surface area (Å²) < 4.78 is 238. The molecule has 9 aromatic rings. The van der Waals surface area contributed by atoms with E-state index in [1.807, 2.05) is 0 Å². The number of furan rings is 1. The number of rotatable bonds is 3. The fourth-order valence-corrected chi connectivity index (χ4v) is 5.22. The van der Waals surface area contributed by atoms with E-state index in [1.54, 1.807) is 0 Å². The molecule has 0 N–H and O–H groups in total. The highest BCUT2D eigenvalue weighted by Gasteiger charge is 2.19. The van der Waals surface area contributed by atoms with Gasteiger partial charge in [-0.1, -0.05) is 139 Å². The first-order chi connectivity index (χ1) is 32.2. The summed E-state index contributed by atoms with van der Waals surface area (Å²) in [5.74, 6) is 0. The van der Waals surface area contributed by atoms with Gasteiger partial charge in [0.2, 0.25) is 0 Å². The lowest BCUT2D eigenvalue weighted by Gasteiger charge is -2.19. The molecule has 0 atom stereocenters. The highest BCUT2D eigenvalue weighted by atomic mass is 16.3. The summed E-state index contributed by atoms with van der Waals surface area (Å²) in [5, 5.41) is -4.82. The molecule has 0 aliphatic heterocycles. The Morgan fingerprint density at radius 2 is 0.953 bits per heavy atom. The van der Waals surface area contributed by atoms with E-state index in [0.29, 0.717) is 0 Å². The number of fused-ring (bicyclic) bond motifs is 7. The summed E-state index contributed by atoms with van der Waals surface area (Å²) in [7, 11) is 0. The van der Waals surface area contributed by atoms with Gasteiger partial charge >= 0.3 is 0 Å². The van der Waals surface area contributed by atoms with Crippen LogP contribution in [0.4, 0.5) is 0 Å². The van der Waals surface area contributed by atoms with Crippen molar-refractivity contribution in [3.63, 3.8) is 0 Å². The molecule has 0 radical (unpaired) electrons. The molecule has 0 fully saturated rings. The molecule has 0 saturated heterocycles. The van der Waals surface area contributed by atoms with Crippen LogP contribution in [0.2, 0.25) is 0 Å². The topological polar surface area (TPSA) is 13.1 Å². The van der Waals surface area contributed by atoms with Crippen LogP contribution in [-0.4, -0.2) is 0 Å². The zero-order valence-corrected chi connectivity index (χ0v) is 21.4. The maximum Gasteiger partial charge on any atom is 0.143 e. The Morgan fingerprint density at radius 1 is 0.372 bits per heavy atom. The molecule has 0 aliphatic carbocycles. The van der Waals surface area contributed by atoms with E-state index in [1.165, 1.54) is 0 Å². The Labute approximate surface area is 285 Å². The van der Waals surface area contributed by atoms with Crippen molar-refractivity contribution < 1.29 is 40.1 Å². The second-order valence-corrected chi connectivity index (χ2v) is 9.26. The first kappa shape index (κ1) is 9.69. The molecular weight excluding hydrogens is 520 g/mol. The predicted molar refractivity (Wildman–Crippen MR) is 183 cm³/mol. The van der Waals surface area contributed by atoms with E-state index in [-0.39, 0.29) is 0 Å². The minimum atomic E-state index is -1.05. The van der Waals surface area contributed by atoms with Gasteiger partial charge in [-0.25, -0.2) is 0 Å². The van der Waals surface area contributed by atoms with Gasteiger partial charge in [-0.3, -0.25) is 0 Å². The van der Waals surface area contributed by atoms with Crippen LogP contribution >= 0.6 is 0 Å². The van der Waals surface area contributed by atoms with Crippen LogP contribution in [0, 0.1) is 0 Å². The molecule has 8 aromatic carbocycles. The van der Waals surface area contributed by atoms with E-state index in [4.69, 9.17) is 29.1 Å². The maximum absolute atomic E-state index is 9.80. The zero-order valence-electron chi connectivity index (χ0n) is 47.4. The van der Waals surface area contributed by atoms with Gasteiger partial charge in [0.05, 0.1) is 35.6 Å². The van der Waals surface area contributed by atoms with Crippen molar-refractivity contribution in [3.8, 4) is 33.4 Å². The number of hydrogen-bond donors (Lipinski definition) is 0. The van der Waals surface area contributed by atoms with Gasteiger partial charge in [-0.2, -0.15) is 0 Å². The third-order valence-electron chi connectivity index (χ3n) is 7.00. The minimum Gasteiger partial charge on any atom is -0.455 e. The Kier molecular flexibility index (Phi) is 2.13. The lowest BCUT2D eigenvalue weighted by atomic mass is 9.83. The van der Waals surface area contributed by atoms with E-state index in [9.17, 15) is 11.0 Å². The molecule has 1 aromatic heterocycles. The van der Waals surface area contributed by atoms with Crippen LogP contribution in [0.25, 0.3) is 87.6 Å². The maximum atomic E-state index is 9.80. The van der Waals surface area contributed by atoms with Gasteiger partial charge in [0, 0.05) is 16.2 Å². The van der Waals surface area contributed by atoms with E-state index >= 15 is 0 Å². The lowest BCUT2D eigenvalue weighted by molar-refractivity contribution is 0.672. The van der Waals surface area contributed by atoms with Gasteiger partial charge in [-0.15, -0.1) is 0 Å². The van der Waals surface area contributed by atoms with Crippen molar-refractivity contribution in [1.29, 1.82) is 0 Å². The van der Waals surface area contributed by atoms with E-state index < -0.39 is 245 Å². The van der Waals surface area contributed by atoms with Crippen molar-refractivity contribution in [2.45, 2.75) is 0 Å². The highest BCUT2D eigenvalue weighted by molar-refractivity contribution is 6.23. The quantitative estimate of drug-likeness (QED) is 0.192. The zero-order chi connectivity index (χ0) is 51.0. The predicted octanol–water partition coefficient (Wildman–Crippen LogP) is 12.0. The minimum absolute atomic E-state index is 0.411. The molecular formula is C42H26O. The van der Waals surface area contributed by atoms with Crippen molar-refractivity contribution in [2.24, 2.45) is 0 Å². The van der Waals surface area contributed by atoms with Gasteiger partial charge < -0.3 is 4.42 Å². The fourth-order valence-electron chi connectivity index (χ4n) is 5.22. The van der Waals surface area contributed by atoms with Gasteiger partial charge in [-0.05, 0) is 78.4 Å². The van der Waals surface area contributed by atoms with Crippen molar-refractivity contribution >= 4 is 54.3 Å². The summed E-state index contributed by atoms with van der Waals surface area (Å²) in [4.78, 5) is 0. The Morgan fingerprint density at radius 3 is 1.67 bits per heavy atom. The van der Waals surface area contributed by atoms with E-state index in [2.05, 4.69) is 0 Å². The molecule has 0 aliphatic rings.